The molecule has 1 unspecified atom stereocenters. The van der Waals surface area contributed by atoms with Gasteiger partial charge < -0.3 is 14.2 Å². The molecule has 0 N–H and O–H groups in total. The van der Waals surface area contributed by atoms with Crippen LogP contribution in [-0.2, 0) is 14.2 Å². The van der Waals surface area contributed by atoms with Gasteiger partial charge in [0.05, 0.1) is 12.5 Å². The van der Waals surface area contributed by atoms with Crippen molar-refractivity contribution >= 4 is 0 Å². The summed E-state index contributed by atoms with van der Waals surface area (Å²) >= 11 is 0. The van der Waals surface area contributed by atoms with Crippen LogP contribution in [0.15, 0.2) is 0 Å². The average molecular weight is 308 g/mol. The van der Waals surface area contributed by atoms with Crippen molar-refractivity contribution in [1.29, 1.82) is 0 Å². The molecule has 20 heavy (non-hydrogen) atoms. The van der Waals surface area contributed by atoms with Gasteiger partial charge in [-0.3, -0.25) is 0 Å². The maximum Gasteiger partial charge on any atom is 0.391 e. The van der Waals surface area contributed by atoms with E-state index in [9.17, 15) is 22.0 Å². The van der Waals surface area contributed by atoms with Crippen molar-refractivity contribution in [1.82, 2.24) is 0 Å². The molecule has 0 aliphatic carbocycles. The van der Waals surface area contributed by atoms with E-state index in [1.54, 1.807) is 6.92 Å². The molecule has 0 aromatic rings. The predicted octanol–water partition coefficient (Wildman–Crippen LogP) is 3.42. The van der Waals surface area contributed by atoms with Crippen molar-refractivity contribution in [2.75, 3.05) is 33.5 Å². The van der Waals surface area contributed by atoms with E-state index in [-0.39, 0.29) is 0 Å². The minimum atomic E-state index is -4.06. The van der Waals surface area contributed by atoms with Gasteiger partial charge in [-0.2, -0.15) is 13.2 Å². The normalized spacial score (nSPS) is 19.6. The maximum absolute atomic E-state index is 12.4. The molecule has 1 heterocycles. The third-order valence-electron chi connectivity index (χ3n) is 2.36. The Labute approximate surface area is 115 Å². The molecule has 0 radical (unpaired) electrons. The van der Waals surface area contributed by atoms with Crippen molar-refractivity contribution in [2.45, 2.75) is 44.4 Å². The van der Waals surface area contributed by atoms with Crippen molar-refractivity contribution < 1.29 is 36.2 Å². The Kier molecular flexibility index (Phi) is 9.24. The highest BCUT2D eigenvalue weighted by Gasteiger charge is 2.33. The topological polar surface area (TPSA) is 27.7 Å². The number of rotatable bonds is 6. The summed E-state index contributed by atoms with van der Waals surface area (Å²) < 4.78 is 73.2. The molecule has 0 aromatic heterocycles. The van der Waals surface area contributed by atoms with Crippen molar-refractivity contribution in [3.8, 4) is 0 Å². The SMILES string of the molecule is CCOCC(F)(F)COC.FC(F)(F)CC1CCCO1. The Morgan fingerprint density at radius 3 is 2.20 bits per heavy atom. The monoisotopic (exact) mass is 308 g/mol. The molecule has 3 nitrogen and oxygen atoms in total. The molecule has 1 saturated heterocycles. The molecule has 8 heteroatoms. The first kappa shape index (κ1) is 19.5. The zero-order valence-corrected chi connectivity index (χ0v) is 11.6. The van der Waals surface area contributed by atoms with Gasteiger partial charge in [-0.25, -0.2) is 8.78 Å². The predicted molar refractivity (Wildman–Crippen MR) is 63.0 cm³/mol. The van der Waals surface area contributed by atoms with E-state index >= 15 is 0 Å². The lowest BCUT2D eigenvalue weighted by molar-refractivity contribution is -0.154. The lowest BCUT2D eigenvalue weighted by atomic mass is 10.2. The van der Waals surface area contributed by atoms with E-state index in [1.165, 1.54) is 7.11 Å². The summed E-state index contributed by atoms with van der Waals surface area (Å²) in [7, 11) is 1.24. The van der Waals surface area contributed by atoms with Gasteiger partial charge >= 0.3 is 6.18 Å². The zero-order chi connectivity index (χ0) is 15.6. The van der Waals surface area contributed by atoms with Gasteiger partial charge in [0, 0.05) is 20.3 Å². The minimum Gasteiger partial charge on any atom is -0.378 e. The molecule has 1 rings (SSSR count). The van der Waals surface area contributed by atoms with Crippen LogP contribution in [0.4, 0.5) is 22.0 Å². The summed E-state index contributed by atoms with van der Waals surface area (Å²) in [6, 6.07) is 0. The summed E-state index contributed by atoms with van der Waals surface area (Å²) in [6.45, 7) is 1.33. The second kappa shape index (κ2) is 9.46. The number of methoxy groups -OCH3 is 1. The number of alkyl halides is 5. The van der Waals surface area contributed by atoms with E-state index < -0.39 is 37.8 Å². The fourth-order valence-corrected chi connectivity index (χ4v) is 1.57. The van der Waals surface area contributed by atoms with Crippen molar-refractivity contribution in [2.24, 2.45) is 0 Å². The molecular weight excluding hydrogens is 287 g/mol. The summed E-state index contributed by atoms with van der Waals surface area (Å²) in [5.74, 6) is -2.84. The molecule has 1 aliphatic heterocycles. The van der Waals surface area contributed by atoms with E-state index in [0.29, 0.717) is 19.6 Å². The van der Waals surface area contributed by atoms with Crippen LogP contribution >= 0.6 is 0 Å². The Bertz CT molecular complexity index is 240. The average Bonchev–Trinajstić information content (AvgIpc) is 2.77. The number of hydrogen-bond donors (Lipinski definition) is 0. The van der Waals surface area contributed by atoms with Crippen LogP contribution in [0, 0.1) is 0 Å². The number of ether oxygens (including phenoxy) is 3. The zero-order valence-electron chi connectivity index (χ0n) is 11.6. The van der Waals surface area contributed by atoms with Gasteiger partial charge in [0.15, 0.2) is 0 Å². The highest BCUT2D eigenvalue weighted by atomic mass is 19.4. The molecule has 1 fully saturated rings. The first-order chi connectivity index (χ1) is 9.20. The maximum atomic E-state index is 12.4. The Hall–Kier alpha value is -0.470. The number of halogens is 5. The molecule has 0 spiro atoms. The standard InChI is InChI=1S/C6H9F3O.C6H12F2O2/c7-6(8,9)4-5-2-1-3-10-5;1-3-10-5-6(7,8)4-9-2/h5H,1-4H2;3-5H2,1-2H3. The molecule has 122 valence electrons. The van der Waals surface area contributed by atoms with Gasteiger partial charge in [-0.1, -0.05) is 0 Å². The van der Waals surface area contributed by atoms with Gasteiger partial charge in [-0.15, -0.1) is 0 Å². The Morgan fingerprint density at radius 2 is 1.80 bits per heavy atom. The summed E-state index contributed by atoms with van der Waals surface area (Å²) in [4.78, 5) is 0. The van der Waals surface area contributed by atoms with Crippen LogP contribution < -0.4 is 0 Å². The van der Waals surface area contributed by atoms with Crippen LogP contribution in [0.2, 0.25) is 0 Å². The van der Waals surface area contributed by atoms with Crippen LogP contribution in [0.3, 0.4) is 0 Å². The summed E-state index contributed by atoms with van der Waals surface area (Å²) in [5.41, 5.74) is 0. The molecule has 0 saturated carbocycles. The first-order valence-electron chi connectivity index (χ1n) is 6.33. The van der Waals surface area contributed by atoms with E-state index in [2.05, 4.69) is 9.47 Å². The van der Waals surface area contributed by atoms with Gasteiger partial charge in [-0.05, 0) is 19.8 Å². The van der Waals surface area contributed by atoms with Gasteiger partial charge in [0.25, 0.3) is 5.92 Å². The second-order valence-corrected chi connectivity index (χ2v) is 4.38. The number of hydrogen-bond acceptors (Lipinski definition) is 3. The smallest absolute Gasteiger partial charge is 0.378 e. The highest BCUT2D eigenvalue weighted by Crippen LogP contribution is 2.27. The van der Waals surface area contributed by atoms with E-state index in [1.807, 2.05) is 0 Å². The molecular formula is C12H21F5O3. The summed E-state index contributed by atoms with van der Waals surface area (Å²) in [6.07, 6.45) is -4.09. The fraction of sp³-hybridized carbons (Fsp3) is 1.00. The Morgan fingerprint density at radius 1 is 1.15 bits per heavy atom. The molecule has 1 atom stereocenters. The lowest BCUT2D eigenvalue weighted by Crippen LogP contribution is -2.29. The van der Waals surface area contributed by atoms with Gasteiger partial charge in [0.2, 0.25) is 0 Å². The molecule has 0 amide bonds. The van der Waals surface area contributed by atoms with Crippen molar-refractivity contribution in [3.05, 3.63) is 0 Å². The highest BCUT2D eigenvalue weighted by molar-refractivity contribution is 4.68. The first-order valence-corrected chi connectivity index (χ1v) is 6.33. The lowest BCUT2D eigenvalue weighted by Gasteiger charge is -2.13. The second-order valence-electron chi connectivity index (χ2n) is 4.38. The molecule has 0 bridgehead atoms. The fourth-order valence-electron chi connectivity index (χ4n) is 1.57. The largest absolute Gasteiger partial charge is 0.391 e. The van der Waals surface area contributed by atoms with Crippen molar-refractivity contribution in [3.63, 3.8) is 0 Å². The van der Waals surface area contributed by atoms with Gasteiger partial charge in [0.1, 0.15) is 13.2 Å². The van der Waals surface area contributed by atoms with E-state index in [0.717, 1.165) is 6.42 Å². The van der Waals surface area contributed by atoms with Crippen LogP contribution in [0.1, 0.15) is 26.2 Å². The molecule has 1 aliphatic rings. The third kappa shape index (κ3) is 11.4. The van der Waals surface area contributed by atoms with E-state index in [4.69, 9.17) is 4.74 Å². The van der Waals surface area contributed by atoms with Crippen LogP contribution in [0.25, 0.3) is 0 Å². The van der Waals surface area contributed by atoms with Crippen LogP contribution in [0.5, 0.6) is 0 Å². The quantitative estimate of drug-likeness (QED) is 0.704. The molecule has 0 aromatic carbocycles. The minimum absolute atomic E-state index is 0.305. The summed E-state index contributed by atoms with van der Waals surface area (Å²) in [5, 5.41) is 0. The van der Waals surface area contributed by atoms with Crippen LogP contribution in [-0.4, -0.2) is 51.7 Å². The third-order valence-corrected chi connectivity index (χ3v) is 2.36. The Balaban J connectivity index is 0.000000361.